The van der Waals surface area contributed by atoms with Crippen LogP contribution in [0.25, 0.3) is 22.1 Å². The van der Waals surface area contributed by atoms with Crippen LogP contribution in [0, 0.1) is 18.7 Å². The first-order valence-corrected chi connectivity index (χ1v) is 13.0. The summed E-state index contributed by atoms with van der Waals surface area (Å²) in [7, 11) is 0. The van der Waals surface area contributed by atoms with Gasteiger partial charge in [-0.1, -0.05) is 61.9 Å². The van der Waals surface area contributed by atoms with Crippen molar-refractivity contribution in [1.29, 1.82) is 0 Å². The van der Waals surface area contributed by atoms with Crippen molar-refractivity contribution < 1.29 is 13.6 Å². The molecule has 200 valence electrons. The van der Waals surface area contributed by atoms with Crippen LogP contribution in [0.15, 0.2) is 82.0 Å². The van der Waals surface area contributed by atoms with E-state index in [1.807, 2.05) is 63.2 Å². The zero-order valence-electron chi connectivity index (χ0n) is 22.2. The summed E-state index contributed by atoms with van der Waals surface area (Å²) < 4.78 is 21.7. The van der Waals surface area contributed by atoms with Gasteiger partial charge in [-0.2, -0.15) is 0 Å². The number of benzene rings is 3. The lowest BCUT2D eigenvalue weighted by atomic mass is 9.99. The SMILES string of the molecule is Cc1ccc(C(=O)N(CCN)C(c2nc3c(oc4ccc(F)cc43)c(=O)n2Cc2ccccc2)C(C)C)cc1. The number of nitrogens with two attached hydrogens (primary N) is 1. The molecule has 0 bridgehead atoms. The van der Waals surface area contributed by atoms with Crippen LogP contribution in [0.3, 0.4) is 0 Å². The maximum Gasteiger partial charge on any atom is 0.297 e. The van der Waals surface area contributed by atoms with Crippen molar-refractivity contribution >= 4 is 28.0 Å². The highest BCUT2D eigenvalue weighted by atomic mass is 19.1. The van der Waals surface area contributed by atoms with Gasteiger partial charge in [0.25, 0.3) is 11.5 Å². The second-order valence-electron chi connectivity index (χ2n) is 10.1. The van der Waals surface area contributed by atoms with Crippen LogP contribution < -0.4 is 11.3 Å². The molecule has 2 aromatic heterocycles. The molecule has 3 aromatic carbocycles. The van der Waals surface area contributed by atoms with E-state index in [1.165, 1.54) is 18.2 Å². The molecule has 2 N–H and O–H groups in total. The average Bonchev–Trinajstić information content (AvgIpc) is 3.29. The van der Waals surface area contributed by atoms with E-state index in [2.05, 4.69) is 0 Å². The Labute approximate surface area is 225 Å². The first-order chi connectivity index (χ1) is 18.8. The van der Waals surface area contributed by atoms with Gasteiger partial charge in [-0.05, 0) is 48.7 Å². The second kappa shape index (κ2) is 10.8. The number of aromatic nitrogens is 2. The number of hydrogen-bond acceptors (Lipinski definition) is 5. The number of amides is 1. The molecule has 1 unspecified atom stereocenters. The summed E-state index contributed by atoms with van der Waals surface area (Å²) in [4.78, 5) is 34.5. The predicted octanol–water partition coefficient (Wildman–Crippen LogP) is 5.44. The highest BCUT2D eigenvalue weighted by Crippen LogP contribution is 2.32. The van der Waals surface area contributed by atoms with Crippen molar-refractivity contribution in [1.82, 2.24) is 14.5 Å². The predicted molar refractivity (Wildman–Crippen MR) is 150 cm³/mol. The average molecular weight is 527 g/mol. The Morgan fingerprint density at radius 1 is 1.08 bits per heavy atom. The fraction of sp³-hybridized carbons (Fsp3) is 0.258. The maximum atomic E-state index is 14.2. The lowest BCUT2D eigenvalue weighted by Gasteiger charge is -2.35. The number of fused-ring (bicyclic) bond motifs is 3. The fourth-order valence-corrected chi connectivity index (χ4v) is 5.02. The minimum absolute atomic E-state index is 0.0491. The molecule has 0 saturated carbocycles. The van der Waals surface area contributed by atoms with Crippen molar-refractivity contribution in [2.45, 2.75) is 33.4 Å². The molecule has 0 aliphatic carbocycles. The van der Waals surface area contributed by atoms with Crippen molar-refractivity contribution in [2.24, 2.45) is 11.7 Å². The molecular formula is C31H31FN4O3. The number of halogens is 1. The van der Waals surface area contributed by atoms with Gasteiger partial charge in [-0.3, -0.25) is 14.2 Å². The smallest absolute Gasteiger partial charge is 0.297 e. The van der Waals surface area contributed by atoms with Crippen molar-refractivity contribution in [3.8, 4) is 0 Å². The third-order valence-corrected chi connectivity index (χ3v) is 6.91. The molecule has 2 heterocycles. The summed E-state index contributed by atoms with van der Waals surface area (Å²) in [6.45, 7) is 6.63. The highest BCUT2D eigenvalue weighted by molar-refractivity contribution is 6.02. The van der Waals surface area contributed by atoms with Crippen molar-refractivity contribution in [3.63, 3.8) is 0 Å². The van der Waals surface area contributed by atoms with Gasteiger partial charge < -0.3 is 15.1 Å². The number of hydrogen-bond donors (Lipinski definition) is 1. The molecular weight excluding hydrogens is 495 g/mol. The highest BCUT2D eigenvalue weighted by Gasteiger charge is 2.33. The molecule has 0 radical (unpaired) electrons. The van der Waals surface area contributed by atoms with Crippen molar-refractivity contribution in [3.05, 3.63) is 111 Å². The van der Waals surface area contributed by atoms with E-state index < -0.39 is 17.4 Å². The van der Waals surface area contributed by atoms with Gasteiger partial charge in [0.15, 0.2) is 0 Å². The normalized spacial score (nSPS) is 12.4. The second-order valence-corrected chi connectivity index (χ2v) is 10.1. The number of carbonyl (C=O) groups excluding carboxylic acids is 1. The summed E-state index contributed by atoms with van der Waals surface area (Å²) in [5.41, 5.74) is 8.76. The van der Waals surface area contributed by atoms with E-state index in [-0.39, 0.29) is 42.6 Å². The quantitative estimate of drug-likeness (QED) is 0.291. The van der Waals surface area contributed by atoms with Gasteiger partial charge in [0, 0.05) is 24.0 Å². The number of nitrogens with zero attached hydrogens (tertiary/aromatic N) is 3. The molecule has 39 heavy (non-hydrogen) atoms. The van der Waals surface area contributed by atoms with Crippen molar-refractivity contribution in [2.75, 3.05) is 13.1 Å². The van der Waals surface area contributed by atoms with E-state index in [4.69, 9.17) is 15.1 Å². The first kappa shape index (κ1) is 26.3. The lowest BCUT2D eigenvalue weighted by molar-refractivity contribution is 0.0612. The Hall–Kier alpha value is -4.30. The van der Waals surface area contributed by atoms with Gasteiger partial charge in [-0.15, -0.1) is 0 Å². The zero-order valence-corrected chi connectivity index (χ0v) is 22.2. The van der Waals surface area contributed by atoms with Crippen LogP contribution in [-0.2, 0) is 6.54 Å². The van der Waals surface area contributed by atoms with Crippen LogP contribution in [0.5, 0.6) is 0 Å². The fourth-order valence-electron chi connectivity index (χ4n) is 5.02. The first-order valence-electron chi connectivity index (χ1n) is 13.0. The molecule has 7 nitrogen and oxygen atoms in total. The molecule has 5 aromatic rings. The minimum Gasteiger partial charge on any atom is -0.448 e. The number of aryl methyl sites for hydroxylation is 1. The molecule has 1 amide bonds. The van der Waals surface area contributed by atoms with Gasteiger partial charge in [0.05, 0.1) is 12.6 Å². The third kappa shape index (κ3) is 5.07. The van der Waals surface area contributed by atoms with Gasteiger partial charge >= 0.3 is 0 Å². The largest absolute Gasteiger partial charge is 0.448 e. The summed E-state index contributed by atoms with van der Waals surface area (Å²) in [6, 6.07) is 20.4. The van der Waals surface area contributed by atoms with E-state index in [1.54, 1.807) is 21.6 Å². The Bertz CT molecular complexity index is 1690. The zero-order chi connectivity index (χ0) is 27.7. The van der Waals surface area contributed by atoms with E-state index in [0.717, 1.165) is 11.1 Å². The van der Waals surface area contributed by atoms with E-state index >= 15 is 0 Å². The standard InChI is InChI=1S/C31H31FN4O3/c1-19(2)27(35(16-15-33)30(37)22-11-9-20(3)10-12-22)29-34-26-24-17-23(32)13-14-25(24)39-28(26)31(38)36(29)18-21-7-5-4-6-8-21/h4-14,17,19,27H,15-16,18,33H2,1-3H3. The molecule has 0 spiro atoms. The van der Waals surface area contributed by atoms with Crippen LogP contribution in [-0.4, -0.2) is 33.4 Å². The van der Waals surface area contributed by atoms with Crippen LogP contribution in [0.1, 0.15) is 47.2 Å². The molecule has 8 heteroatoms. The molecule has 0 fully saturated rings. The Kier molecular flexibility index (Phi) is 7.30. The Morgan fingerprint density at radius 2 is 1.79 bits per heavy atom. The summed E-state index contributed by atoms with van der Waals surface area (Å²) in [5.74, 6) is -0.399. The molecule has 0 saturated heterocycles. The van der Waals surface area contributed by atoms with Crippen LogP contribution in [0.4, 0.5) is 4.39 Å². The lowest BCUT2D eigenvalue weighted by Crippen LogP contribution is -2.43. The summed E-state index contributed by atoms with van der Waals surface area (Å²) in [5, 5.41) is 0.410. The van der Waals surface area contributed by atoms with Gasteiger partial charge in [0.2, 0.25) is 5.58 Å². The Morgan fingerprint density at radius 3 is 2.46 bits per heavy atom. The third-order valence-electron chi connectivity index (χ3n) is 6.91. The topological polar surface area (TPSA) is 94.4 Å². The molecule has 1 atom stereocenters. The van der Waals surface area contributed by atoms with E-state index in [9.17, 15) is 14.0 Å². The van der Waals surface area contributed by atoms with Gasteiger partial charge in [-0.25, -0.2) is 9.37 Å². The monoisotopic (exact) mass is 526 g/mol. The number of carbonyl (C=O) groups is 1. The minimum atomic E-state index is -0.596. The summed E-state index contributed by atoms with van der Waals surface area (Å²) >= 11 is 0. The van der Waals surface area contributed by atoms with Crippen LogP contribution in [0.2, 0.25) is 0 Å². The molecule has 0 aliphatic heterocycles. The Balaban J connectivity index is 1.76. The van der Waals surface area contributed by atoms with Gasteiger partial charge in [0.1, 0.15) is 22.7 Å². The number of furan rings is 1. The maximum absolute atomic E-state index is 14.2. The molecule has 0 aliphatic rings. The summed E-state index contributed by atoms with van der Waals surface area (Å²) in [6.07, 6.45) is 0. The number of rotatable bonds is 8. The van der Waals surface area contributed by atoms with E-state index in [0.29, 0.717) is 22.4 Å². The molecule has 5 rings (SSSR count). The van der Waals surface area contributed by atoms with Crippen LogP contribution >= 0.6 is 0 Å².